The first-order chi connectivity index (χ1) is 17.7. The van der Waals surface area contributed by atoms with Crippen LogP contribution in [0.3, 0.4) is 0 Å². The molecule has 6 fully saturated rings. The summed E-state index contributed by atoms with van der Waals surface area (Å²) in [6, 6.07) is -0.219. The van der Waals surface area contributed by atoms with Crippen molar-refractivity contribution in [3.63, 3.8) is 0 Å². The Morgan fingerprint density at radius 3 is 2.43 bits per heavy atom. The number of nitrogens with zero attached hydrogens (tertiary/aromatic N) is 1. The third-order valence-corrected chi connectivity index (χ3v) is 12.1. The third-order valence-electron chi connectivity index (χ3n) is 12.1. The molecule has 0 amide bonds. The van der Waals surface area contributed by atoms with Crippen molar-refractivity contribution in [2.45, 2.75) is 81.2 Å². The summed E-state index contributed by atoms with van der Waals surface area (Å²) in [6.45, 7) is 5.89. The molecule has 1 N–H and O–H groups in total. The van der Waals surface area contributed by atoms with Gasteiger partial charge >= 0.3 is 5.97 Å². The molecule has 6 rings (SSSR count). The minimum atomic E-state index is -1.36. The van der Waals surface area contributed by atoms with E-state index in [1.54, 1.807) is 28.4 Å². The predicted octanol–water partition coefficient (Wildman–Crippen LogP) is 1.50. The van der Waals surface area contributed by atoms with Gasteiger partial charge in [0, 0.05) is 84.0 Å². The zero-order valence-corrected chi connectivity index (χ0v) is 23.4. The summed E-state index contributed by atoms with van der Waals surface area (Å²) in [5.74, 6) is -0.332. The van der Waals surface area contributed by atoms with Gasteiger partial charge < -0.3 is 33.5 Å². The van der Waals surface area contributed by atoms with E-state index in [0.29, 0.717) is 13.0 Å². The van der Waals surface area contributed by atoms with Crippen LogP contribution < -0.4 is 0 Å². The molecule has 5 saturated carbocycles. The molecule has 0 aromatic heterocycles. The Morgan fingerprint density at radius 2 is 1.86 bits per heavy atom. The number of rotatable bonds is 8. The van der Waals surface area contributed by atoms with Gasteiger partial charge in [0.1, 0.15) is 17.3 Å². The first-order valence-corrected chi connectivity index (χ1v) is 14.0. The van der Waals surface area contributed by atoms with Crippen molar-refractivity contribution in [2.24, 2.45) is 34.5 Å². The summed E-state index contributed by atoms with van der Waals surface area (Å²) in [7, 11) is 8.75. The SMILES string of the molecule is CCN1C[C@]2(COC)CC[C@H](OC)[C@@]34[C@@H]5C[C@H]6[C@@H](OC(C)=O)[C@@H]5[C@](OC)(C[C@@H]6OC)[C@@](O)([C@H](OC)[C@H]23)[C@@H]14. The Hall–Kier alpha value is -0.810. The largest absolute Gasteiger partial charge is 0.462 e. The minimum absolute atomic E-state index is 0.0156. The Bertz CT molecular complexity index is 934. The lowest BCUT2D eigenvalue weighted by Gasteiger charge is -2.70. The van der Waals surface area contributed by atoms with E-state index in [4.69, 9.17) is 28.4 Å². The van der Waals surface area contributed by atoms with Gasteiger partial charge in [0.15, 0.2) is 0 Å². The van der Waals surface area contributed by atoms with E-state index in [-0.39, 0.29) is 53.3 Å². The van der Waals surface area contributed by atoms with Crippen LogP contribution in [-0.2, 0) is 33.2 Å². The summed E-state index contributed by atoms with van der Waals surface area (Å²) in [6.07, 6.45) is 2.07. The highest BCUT2D eigenvalue weighted by Crippen LogP contribution is 2.81. The number of esters is 1. The molecule has 7 bridgehead atoms. The number of hydrogen-bond acceptors (Lipinski definition) is 9. The maximum Gasteiger partial charge on any atom is 0.302 e. The maximum atomic E-state index is 13.5. The molecule has 9 heteroatoms. The number of aliphatic hydroxyl groups is 1. The molecular weight excluding hydrogens is 478 g/mol. The summed E-state index contributed by atoms with van der Waals surface area (Å²) in [5.41, 5.74) is -2.96. The van der Waals surface area contributed by atoms with Crippen LogP contribution in [-0.4, -0.2) is 113 Å². The fourth-order valence-corrected chi connectivity index (χ4v) is 11.7. The fourth-order valence-electron chi connectivity index (χ4n) is 11.7. The summed E-state index contributed by atoms with van der Waals surface area (Å²) < 4.78 is 37.6. The van der Waals surface area contributed by atoms with Gasteiger partial charge in [0.05, 0.1) is 31.0 Å². The molecule has 1 heterocycles. The summed E-state index contributed by atoms with van der Waals surface area (Å²) >= 11 is 0. The zero-order chi connectivity index (χ0) is 26.5. The molecule has 0 radical (unpaired) electrons. The highest BCUT2D eigenvalue weighted by atomic mass is 16.6. The van der Waals surface area contributed by atoms with E-state index in [1.165, 1.54) is 6.92 Å². The van der Waals surface area contributed by atoms with E-state index in [9.17, 15) is 9.90 Å². The van der Waals surface area contributed by atoms with Crippen LogP contribution in [0.1, 0.15) is 39.5 Å². The number of likely N-dealkylation sites (tertiary alicyclic amines) is 1. The van der Waals surface area contributed by atoms with Gasteiger partial charge in [-0.3, -0.25) is 9.69 Å². The molecule has 1 spiro atoms. The van der Waals surface area contributed by atoms with Crippen molar-refractivity contribution in [3.8, 4) is 0 Å². The molecule has 1 aliphatic heterocycles. The molecule has 9 nitrogen and oxygen atoms in total. The monoisotopic (exact) mass is 523 g/mol. The fraction of sp³-hybridized carbons (Fsp3) is 0.964. The topological polar surface area (TPSA) is 95.9 Å². The molecule has 5 aliphatic carbocycles. The first-order valence-electron chi connectivity index (χ1n) is 14.0. The lowest BCUT2D eigenvalue weighted by atomic mass is 9.42. The highest BCUT2D eigenvalue weighted by molar-refractivity contribution is 5.66. The standard InChI is InChI=1S/C28H45NO8/c1-8-29-13-25(14-32-3)10-9-19(34-5)27-17-11-16-18(33-4)12-26(36-7,20(17)21(16)37-15(2)30)28(31,24(27)29)23(35-6)22(25)27/h16-24,31H,8-14H2,1-7H3/t16-,17-,18+,19+,20-,21-,22-,23-,24+,25+,26-,27+,28-/m1/s1. The van der Waals surface area contributed by atoms with Gasteiger partial charge in [-0.1, -0.05) is 6.92 Å². The van der Waals surface area contributed by atoms with E-state index < -0.39 is 28.8 Å². The van der Waals surface area contributed by atoms with Crippen LogP contribution >= 0.6 is 0 Å². The number of carbonyl (C=O) groups is 1. The number of methoxy groups -OCH3 is 5. The molecule has 0 unspecified atom stereocenters. The van der Waals surface area contributed by atoms with Gasteiger partial charge in [0.2, 0.25) is 0 Å². The Kier molecular flexibility index (Phi) is 6.13. The maximum absolute atomic E-state index is 13.5. The highest BCUT2D eigenvalue weighted by Gasteiger charge is 2.92. The minimum Gasteiger partial charge on any atom is -0.462 e. The van der Waals surface area contributed by atoms with E-state index in [1.807, 2.05) is 7.11 Å². The van der Waals surface area contributed by atoms with Gasteiger partial charge in [-0.2, -0.15) is 0 Å². The Labute approximate surface area is 220 Å². The van der Waals surface area contributed by atoms with E-state index in [2.05, 4.69) is 11.8 Å². The predicted molar refractivity (Wildman–Crippen MR) is 133 cm³/mol. The average Bonchev–Trinajstić information content (AvgIpc) is 3.24. The molecule has 13 atom stereocenters. The van der Waals surface area contributed by atoms with E-state index in [0.717, 1.165) is 32.4 Å². The molecule has 37 heavy (non-hydrogen) atoms. The van der Waals surface area contributed by atoms with Crippen molar-refractivity contribution < 1.29 is 38.3 Å². The van der Waals surface area contributed by atoms with Gasteiger partial charge in [-0.05, 0) is 31.7 Å². The lowest BCUT2D eigenvalue weighted by Crippen LogP contribution is -2.82. The zero-order valence-electron chi connectivity index (χ0n) is 23.4. The summed E-state index contributed by atoms with van der Waals surface area (Å²) in [4.78, 5) is 14.9. The smallest absolute Gasteiger partial charge is 0.302 e. The average molecular weight is 524 g/mol. The number of carbonyl (C=O) groups excluding carboxylic acids is 1. The van der Waals surface area contributed by atoms with Gasteiger partial charge in [-0.25, -0.2) is 0 Å². The number of likely N-dealkylation sites (N-methyl/N-ethyl adjacent to an activating group) is 1. The normalized spacial score (nSPS) is 55.4. The second kappa shape index (κ2) is 8.59. The summed E-state index contributed by atoms with van der Waals surface area (Å²) in [5, 5.41) is 13.5. The first kappa shape index (κ1) is 26.4. The molecule has 0 aromatic carbocycles. The van der Waals surface area contributed by atoms with Crippen molar-refractivity contribution in [1.82, 2.24) is 4.90 Å². The van der Waals surface area contributed by atoms with Crippen molar-refractivity contribution >= 4 is 5.97 Å². The van der Waals surface area contributed by atoms with Crippen LogP contribution in [0.4, 0.5) is 0 Å². The van der Waals surface area contributed by atoms with Gasteiger partial charge in [0.25, 0.3) is 0 Å². The molecule has 1 saturated heterocycles. The second-order valence-corrected chi connectivity index (χ2v) is 12.7. The van der Waals surface area contributed by atoms with Crippen LogP contribution in [0.15, 0.2) is 0 Å². The number of piperidine rings is 1. The molecule has 0 aromatic rings. The number of ether oxygens (including phenoxy) is 6. The Balaban J connectivity index is 1.68. The number of hydrogen-bond donors (Lipinski definition) is 1. The lowest BCUT2D eigenvalue weighted by molar-refractivity contribution is -0.326. The molecule has 210 valence electrons. The quantitative estimate of drug-likeness (QED) is 0.475. The van der Waals surface area contributed by atoms with Gasteiger partial charge in [-0.15, -0.1) is 0 Å². The van der Waals surface area contributed by atoms with Crippen LogP contribution in [0, 0.1) is 34.5 Å². The van der Waals surface area contributed by atoms with Crippen molar-refractivity contribution in [1.29, 1.82) is 0 Å². The molecular formula is C28H45NO8. The van der Waals surface area contributed by atoms with Crippen molar-refractivity contribution in [3.05, 3.63) is 0 Å². The number of fused-ring (bicyclic) bond motifs is 2. The second-order valence-electron chi connectivity index (χ2n) is 12.7. The Morgan fingerprint density at radius 1 is 1.11 bits per heavy atom. The third kappa shape index (κ3) is 2.73. The van der Waals surface area contributed by atoms with Crippen molar-refractivity contribution in [2.75, 3.05) is 55.2 Å². The van der Waals surface area contributed by atoms with E-state index >= 15 is 0 Å². The molecule has 6 aliphatic rings. The van der Waals surface area contributed by atoms with Crippen LogP contribution in [0.25, 0.3) is 0 Å². The van der Waals surface area contributed by atoms with Crippen LogP contribution in [0.5, 0.6) is 0 Å². The van der Waals surface area contributed by atoms with Crippen LogP contribution in [0.2, 0.25) is 0 Å².